The Bertz CT molecular complexity index is 837. The summed E-state index contributed by atoms with van der Waals surface area (Å²) >= 11 is 1.32. The summed E-state index contributed by atoms with van der Waals surface area (Å²) in [7, 11) is 0. The number of aromatic nitrogens is 5. The van der Waals surface area contributed by atoms with E-state index in [2.05, 4.69) is 24.8 Å². The van der Waals surface area contributed by atoms with E-state index in [1.807, 2.05) is 17.8 Å². The van der Waals surface area contributed by atoms with E-state index in [-0.39, 0.29) is 0 Å². The minimum Gasteiger partial charge on any atom is -0.383 e. The minimum absolute atomic E-state index is 0.386. The van der Waals surface area contributed by atoms with Crippen molar-refractivity contribution < 1.29 is 4.74 Å². The second-order valence-electron chi connectivity index (χ2n) is 5.56. The largest absolute Gasteiger partial charge is 0.383 e. The molecule has 8 nitrogen and oxygen atoms in total. The molecule has 4 heterocycles. The number of anilines is 3. The fourth-order valence-corrected chi connectivity index (χ4v) is 3.54. The van der Waals surface area contributed by atoms with Crippen LogP contribution in [0.2, 0.25) is 0 Å². The van der Waals surface area contributed by atoms with Gasteiger partial charge in [0.1, 0.15) is 5.82 Å². The fourth-order valence-electron chi connectivity index (χ4n) is 2.76. The fraction of sp³-hybridized carbons (Fsp3) is 0.429. The van der Waals surface area contributed by atoms with Crippen LogP contribution in [0.15, 0.2) is 12.4 Å². The first kappa shape index (κ1) is 14.3. The second kappa shape index (κ2) is 5.74. The molecule has 0 aromatic carbocycles. The zero-order chi connectivity index (χ0) is 15.8. The van der Waals surface area contributed by atoms with E-state index in [1.54, 1.807) is 6.20 Å². The van der Waals surface area contributed by atoms with Crippen LogP contribution in [0.25, 0.3) is 10.2 Å². The van der Waals surface area contributed by atoms with E-state index in [1.165, 1.54) is 11.5 Å². The third kappa shape index (κ3) is 2.73. The number of rotatable bonds is 3. The van der Waals surface area contributed by atoms with Crippen molar-refractivity contribution in [1.82, 2.24) is 24.1 Å². The van der Waals surface area contributed by atoms with Crippen molar-refractivity contribution in [2.75, 3.05) is 24.3 Å². The highest BCUT2D eigenvalue weighted by molar-refractivity contribution is 7.13. The highest BCUT2D eigenvalue weighted by atomic mass is 32.1. The van der Waals surface area contributed by atoms with Gasteiger partial charge >= 0.3 is 0 Å². The molecule has 0 spiro atoms. The summed E-state index contributed by atoms with van der Waals surface area (Å²) in [5.74, 6) is 0.908. The molecule has 1 aliphatic rings. The van der Waals surface area contributed by atoms with Gasteiger partial charge in [0.2, 0.25) is 5.95 Å². The molecule has 1 aliphatic heterocycles. The Morgan fingerprint density at radius 3 is 3.00 bits per heavy atom. The van der Waals surface area contributed by atoms with Crippen LogP contribution in [0.5, 0.6) is 0 Å². The quantitative estimate of drug-likeness (QED) is 0.758. The average molecular weight is 331 g/mol. The molecule has 3 N–H and O–H groups in total. The lowest BCUT2D eigenvalue weighted by molar-refractivity contribution is 0.0662. The molecule has 0 amide bonds. The molecule has 1 saturated heterocycles. The maximum atomic E-state index is 6.02. The zero-order valence-corrected chi connectivity index (χ0v) is 13.5. The summed E-state index contributed by atoms with van der Waals surface area (Å²) in [5, 5.41) is 8.43. The van der Waals surface area contributed by atoms with Crippen molar-refractivity contribution in [3.05, 3.63) is 18.1 Å². The van der Waals surface area contributed by atoms with E-state index in [0.717, 1.165) is 47.7 Å². The molecule has 0 radical (unpaired) electrons. The number of aryl methyl sites for hydroxylation is 1. The van der Waals surface area contributed by atoms with Crippen molar-refractivity contribution >= 4 is 39.2 Å². The second-order valence-corrected chi connectivity index (χ2v) is 6.31. The Morgan fingerprint density at radius 1 is 1.35 bits per heavy atom. The predicted octanol–water partition coefficient (Wildman–Crippen LogP) is 2.27. The van der Waals surface area contributed by atoms with Crippen LogP contribution in [-0.2, 0) is 4.74 Å². The normalized spacial score (nSPS) is 16.0. The van der Waals surface area contributed by atoms with Crippen LogP contribution in [0.3, 0.4) is 0 Å². The molecule has 0 bridgehead atoms. The van der Waals surface area contributed by atoms with Gasteiger partial charge in [-0.25, -0.2) is 0 Å². The summed E-state index contributed by atoms with van der Waals surface area (Å²) < 4.78 is 11.6. The van der Waals surface area contributed by atoms with Crippen molar-refractivity contribution in [1.29, 1.82) is 0 Å². The minimum atomic E-state index is 0.386. The molecule has 120 valence electrons. The molecule has 0 atom stereocenters. The number of hydrogen-bond donors (Lipinski definition) is 2. The molecule has 1 fully saturated rings. The summed E-state index contributed by atoms with van der Waals surface area (Å²) in [6.45, 7) is 3.48. The van der Waals surface area contributed by atoms with Crippen LogP contribution in [0.4, 0.5) is 17.5 Å². The van der Waals surface area contributed by atoms with E-state index < -0.39 is 0 Å². The van der Waals surface area contributed by atoms with Gasteiger partial charge in [-0.05, 0) is 31.3 Å². The molecule has 3 aromatic heterocycles. The lowest BCUT2D eigenvalue weighted by Gasteiger charge is -2.22. The topological polar surface area (TPSA) is 104 Å². The van der Waals surface area contributed by atoms with Gasteiger partial charge in [-0.15, -0.1) is 0 Å². The number of nitrogen functional groups attached to an aromatic ring is 1. The van der Waals surface area contributed by atoms with Gasteiger partial charge in [-0.3, -0.25) is 4.68 Å². The van der Waals surface area contributed by atoms with Crippen molar-refractivity contribution in [2.24, 2.45) is 0 Å². The molecule has 4 rings (SSSR count). The van der Waals surface area contributed by atoms with Gasteiger partial charge in [0.05, 0.1) is 29.0 Å². The Hall–Kier alpha value is -2.26. The van der Waals surface area contributed by atoms with Crippen LogP contribution in [0, 0.1) is 6.92 Å². The van der Waals surface area contributed by atoms with Gasteiger partial charge < -0.3 is 15.8 Å². The lowest BCUT2D eigenvalue weighted by atomic mass is 10.1. The third-order valence-electron chi connectivity index (χ3n) is 3.96. The van der Waals surface area contributed by atoms with E-state index in [0.29, 0.717) is 17.8 Å². The average Bonchev–Trinajstić information content (AvgIpc) is 3.16. The van der Waals surface area contributed by atoms with Crippen LogP contribution < -0.4 is 11.1 Å². The molecule has 0 saturated carbocycles. The van der Waals surface area contributed by atoms with Crippen LogP contribution in [-0.4, -0.2) is 37.3 Å². The van der Waals surface area contributed by atoms with E-state index >= 15 is 0 Å². The highest BCUT2D eigenvalue weighted by Crippen LogP contribution is 2.27. The summed E-state index contributed by atoms with van der Waals surface area (Å²) in [6.07, 6.45) is 5.71. The Kier molecular flexibility index (Phi) is 3.58. The Labute approximate surface area is 136 Å². The lowest BCUT2D eigenvalue weighted by Crippen LogP contribution is -2.19. The van der Waals surface area contributed by atoms with Gasteiger partial charge in [0.15, 0.2) is 4.83 Å². The molecule has 0 aliphatic carbocycles. The van der Waals surface area contributed by atoms with Crippen molar-refractivity contribution in [3.8, 4) is 0 Å². The number of nitrogens with one attached hydrogen (secondary N) is 1. The highest BCUT2D eigenvalue weighted by Gasteiger charge is 2.17. The molecule has 9 heteroatoms. The molecule has 0 unspecified atom stereocenters. The SMILES string of the molecule is Cc1nsc2nc(Nc3cnn(C4CCOCC4)c3)nc(N)c12. The van der Waals surface area contributed by atoms with Gasteiger partial charge in [-0.2, -0.15) is 19.4 Å². The summed E-state index contributed by atoms with van der Waals surface area (Å²) in [4.78, 5) is 9.57. The third-order valence-corrected chi connectivity index (χ3v) is 4.79. The predicted molar refractivity (Wildman–Crippen MR) is 89.0 cm³/mol. The first-order chi connectivity index (χ1) is 11.2. The molecule has 3 aromatic rings. The first-order valence-corrected chi connectivity index (χ1v) is 8.26. The molecule has 23 heavy (non-hydrogen) atoms. The van der Waals surface area contributed by atoms with E-state index in [9.17, 15) is 0 Å². The number of nitrogens with zero attached hydrogens (tertiary/aromatic N) is 5. The number of fused-ring (bicyclic) bond motifs is 1. The van der Waals surface area contributed by atoms with E-state index in [4.69, 9.17) is 10.5 Å². The Morgan fingerprint density at radius 2 is 2.17 bits per heavy atom. The smallest absolute Gasteiger partial charge is 0.230 e. The monoisotopic (exact) mass is 331 g/mol. The summed E-state index contributed by atoms with van der Waals surface area (Å²) in [5.41, 5.74) is 7.73. The summed E-state index contributed by atoms with van der Waals surface area (Å²) in [6, 6.07) is 0.386. The van der Waals surface area contributed by atoms with Gasteiger partial charge in [0, 0.05) is 19.4 Å². The number of ether oxygens (including phenoxy) is 1. The van der Waals surface area contributed by atoms with Gasteiger partial charge in [-0.1, -0.05) is 0 Å². The zero-order valence-electron chi connectivity index (χ0n) is 12.7. The van der Waals surface area contributed by atoms with Crippen molar-refractivity contribution in [3.63, 3.8) is 0 Å². The standard InChI is InChI=1S/C14H17N7OS/c1-8-11-12(15)18-14(19-13(11)23-20-8)17-9-6-16-21(7-9)10-2-4-22-5-3-10/h6-7,10H,2-5H2,1H3,(H3,15,17,18,19). The number of hydrogen-bond acceptors (Lipinski definition) is 8. The molecular weight excluding hydrogens is 314 g/mol. The first-order valence-electron chi connectivity index (χ1n) is 7.49. The maximum absolute atomic E-state index is 6.02. The maximum Gasteiger partial charge on any atom is 0.230 e. The Balaban J connectivity index is 1.57. The molecular formula is C14H17N7OS. The number of nitrogens with two attached hydrogens (primary N) is 1. The van der Waals surface area contributed by atoms with Crippen LogP contribution in [0.1, 0.15) is 24.6 Å². The van der Waals surface area contributed by atoms with Crippen LogP contribution >= 0.6 is 11.5 Å². The van der Waals surface area contributed by atoms with Gasteiger partial charge in [0.25, 0.3) is 0 Å². The van der Waals surface area contributed by atoms with Crippen molar-refractivity contribution in [2.45, 2.75) is 25.8 Å².